The van der Waals surface area contributed by atoms with Gasteiger partial charge in [0.15, 0.2) is 6.10 Å². The Labute approximate surface area is 180 Å². The average molecular weight is 449 g/mol. The summed E-state index contributed by atoms with van der Waals surface area (Å²) in [7, 11) is 0. The summed E-state index contributed by atoms with van der Waals surface area (Å²) in [5, 5.41) is 11.5. The number of para-hydroxylation sites is 1. The molecule has 1 fully saturated rings. The predicted molar refractivity (Wildman–Crippen MR) is 110 cm³/mol. The number of urea groups is 1. The number of nitrogens with zero attached hydrogens (tertiary/aromatic N) is 1. The van der Waals surface area contributed by atoms with Crippen LogP contribution in [-0.4, -0.2) is 35.0 Å². The van der Waals surface area contributed by atoms with Gasteiger partial charge in [0.2, 0.25) is 0 Å². The summed E-state index contributed by atoms with van der Waals surface area (Å²) in [6.45, 7) is 1.34. The van der Waals surface area contributed by atoms with Gasteiger partial charge in [-0.2, -0.15) is 0 Å². The lowest BCUT2D eigenvalue weighted by molar-refractivity contribution is -0.144. The van der Waals surface area contributed by atoms with Gasteiger partial charge in [-0.1, -0.05) is 41.4 Å². The number of nitrogens with one attached hydrogen (secondary N) is 1. The zero-order valence-electron chi connectivity index (χ0n) is 15.4. The summed E-state index contributed by atoms with van der Waals surface area (Å²) in [5.41, 5.74) is -0.0359. The fraction of sp³-hybridized carbons (Fsp3) is 0.100. The van der Waals surface area contributed by atoms with E-state index in [9.17, 15) is 19.2 Å². The van der Waals surface area contributed by atoms with Crippen LogP contribution in [0.1, 0.15) is 12.5 Å². The highest BCUT2D eigenvalue weighted by atomic mass is 35.5. The highest BCUT2D eigenvalue weighted by Gasteiger charge is 2.38. The first-order valence-electron chi connectivity index (χ1n) is 8.54. The number of carboxylic acid groups (broad SMARTS) is 1. The van der Waals surface area contributed by atoms with Crippen molar-refractivity contribution in [1.29, 1.82) is 0 Å². The number of carboxylic acids is 1. The van der Waals surface area contributed by atoms with E-state index in [1.165, 1.54) is 43.3 Å². The Kier molecular flexibility index (Phi) is 6.09. The van der Waals surface area contributed by atoms with Crippen LogP contribution in [0.25, 0.3) is 6.08 Å². The zero-order chi connectivity index (χ0) is 22.0. The van der Waals surface area contributed by atoms with E-state index in [0.717, 1.165) is 4.90 Å². The normalized spacial score (nSPS) is 16.4. The van der Waals surface area contributed by atoms with E-state index in [-0.39, 0.29) is 27.6 Å². The average Bonchev–Trinajstić information content (AvgIpc) is 2.67. The van der Waals surface area contributed by atoms with Crippen LogP contribution in [-0.2, 0) is 14.4 Å². The molecule has 4 amide bonds. The summed E-state index contributed by atoms with van der Waals surface area (Å²) in [4.78, 5) is 49.4. The van der Waals surface area contributed by atoms with E-state index < -0.39 is 29.9 Å². The van der Waals surface area contributed by atoms with Crippen molar-refractivity contribution in [2.24, 2.45) is 0 Å². The van der Waals surface area contributed by atoms with Gasteiger partial charge in [-0.15, -0.1) is 0 Å². The molecule has 1 saturated heterocycles. The van der Waals surface area contributed by atoms with Crippen LogP contribution < -0.4 is 15.0 Å². The maximum absolute atomic E-state index is 13.0. The van der Waals surface area contributed by atoms with Crippen LogP contribution in [0.3, 0.4) is 0 Å². The number of halogens is 2. The standard InChI is InChI=1S/C20H14Cl2N2O6/c1-10(19(27)28)30-16-5-3-2-4-11(16)8-13-17(25)23-20(29)24(18(13)26)15-7-6-12(21)9-14(15)22/h2-10H,1H3,(H,27,28)(H,23,25,29)/b13-8+/t10-/m1/s1. The van der Waals surface area contributed by atoms with Crippen molar-refractivity contribution in [2.75, 3.05) is 4.90 Å². The number of hydrogen-bond acceptors (Lipinski definition) is 5. The Balaban J connectivity index is 2.03. The van der Waals surface area contributed by atoms with Crippen LogP contribution in [0.2, 0.25) is 10.0 Å². The van der Waals surface area contributed by atoms with Crippen molar-refractivity contribution in [3.8, 4) is 5.75 Å². The van der Waals surface area contributed by atoms with Crippen LogP contribution in [0, 0.1) is 0 Å². The van der Waals surface area contributed by atoms with Crippen molar-refractivity contribution in [3.05, 3.63) is 63.6 Å². The van der Waals surface area contributed by atoms with Crippen molar-refractivity contribution >= 4 is 58.8 Å². The molecule has 0 saturated carbocycles. The Morgan fingerprint density at radius 2 is 1.87 bits per heavy atom. The zero-order valence-corrected chi connectivity index (χ0v) is 16.9. The van der Waals surface area contributed by atoms with Crippen LogP contribution >= 0.6 is 23.2 Å². The molecule has 8 nitrogen and oxygen atoms in total. The van der Waals surface area contributed by atoms with E-state index in [1.807, 2.05) is 0 Å². The first kappa shape index (κ1) is 21.4. The number of rotatable bonds is 5. The predicted octanol–water partition coefficient (Wildman–Crippen LogP) is 3.51. The quantitative estimate of drug-likeness (QED) is 0.534. The number of amides is 4. The number of benzene rings is 2. The summed E-state index contributed by atoms with van der Waals surface area (Å²) in [6.07, 6.45) is 0.0524. The number of carbonyl (C=O) groups is 4. The number of barbiturate groups is 1. The van der Waals surface area contributed by atoms with Crippen molar-refractivity contribution in [1.82, 2.24) is 5.32 Å². The minimum Gasteiger partial charge on any atom is -0.479 e. The van der Waals surface area contributed by atoms with Gasteiger partial charge < -0.3 is 9.84 Å². The molecule has 154 valence electrons. The number of ether oxygens (including phenoxy) is 1. The minimum absolute atomic E-state index is 0.0405. The molecule has 10 heteroatoms. The van der Waals surface area contributed by atoms with E-state index in [4.69, 9.17) is 33.0 Å². The van der Waals surface area contributed by atoms with Gasteiger partial charge in [0, 0.05) is 10.6 Å². The Hall–Kier alpha value is -3.36. The largest absolute Gasteiger partial charge is 0.479 e. The Morgan fingerprint density at radius 3 is 2.53 bits per heavy atom. The molecule has 0 aliphatic carbocycles. The SMILES string of the molecule is C[C@@H](Oc1ccccc1/C=C1\C(=O)NC(=O)N(c2ccc(Cl)cc2Cl)C1=O)C(=O)O. The Bertz CT molecular complexity index is 1100. The molecule has 0 spiro atoms. The number of imide groups is 2. The number of hydrogen-bond donors (Lipinski definition) is 2. The van der Waals surface area contributed by atoms with E-state index in [1.54, 1.807) is 12.1 Å². The van der Waals surface area contributed by atoms with Gasteiger partial charge in [-0.3, -0.25) is 14.9 Å². The van der Waals surface area contributed by atoms with E-state index in [2.05, 4.69) is 5.32 Å². The number of carbonyl (C=O) groups excluding carboxylic acids is 3. The van der Waals surface area contributed by atoms with Gasteiger partial charge >= 0.3 is 12.0 Å². The fourth-order valence-electron chi connectivity index (χ4n) is 2.64. The van der Waals surface area contributed by atoms with E-state index >= 15 is 0 Å². The molecular formula is C20H14Cl2N2O6. The monoisotopic (exact) mass is 448 g/mol. The van der Waals surface area contributed by atoms with Crippen LogP contribution in [0.15, 0.2) is 48.0 Å². The smallest absolute Gasteiger partial charge is 0.344 e. The van der Waals surface area contributed by atoms with Gasteiger partial charge in [0.05, 0.1) is 10.7 Å². The highest BCUT2D eigenvalue weighted by Crippen LogP contribution is 2.32. The number of aliphatic carboxylic acids is 1. The number of anilines is 1. The second-order valence-electron chi connectivity index (χ2n) is 6.19. The second kappa shape index (κ2) is 8.56. The van der Waals surface area contributed by atoms with Crippen molar-refractivity contribution < 1.29 is 29.0 Å². The van der Waals surface area contributed by atoms with Crippen molar-refractivity contribution in [3.63, 3.8) is 0 Å². The van der Waals surface area contributed by atoms with Crippen LogP contribution in [0.5, 0.6) is 5.75 Å². The maximum atomic E-state index is 13.0. The lowest BCUT2D eigenvalue weighted by Crippen LogP contribution is -2.54. The lowest BCUT2D eigenvalue weighted by Gasteiger charge is -2.27. The molecule has 0 radical (unpaired) electrons. The molecule has 30 heavy (non-hydrogen) atoms. The topological polar surface area (TPSA) is 113 Å². The molecule has 0 bridgehead atoms. The van der Waals surface area contributed by atoms with Gasteiger partial charge in [-0.25, -0.2) is 14.5 Å². The molecule has 2 aromatic carbocycles. The minimum atomic E-state index is -1.18. The van der Waals surface area contributed by atoms with E-state index in [0.29, 0.717) is 5.02 Å². The molecule has 1 heterocycles. The summed E-state index contributed by atoms with van der Waals surface area (Å²) < 4.78 is 5.38. The van der Waals surface area contributed by atoms with Crippen molar-refractivity contribution in [2.45, 2.75) is 13.0 Å². The van der Waals surface area contributed by atoms with Gasteiger partial charge in [0.1, 0.15) is 11.3 Å². The van der Waals surface area contributed by atoms with Gasteiger partial charge in [-0.05, 0) is 37.3 Å². The van der Waals surface area contributed by atoms with Crippen LogP contribution in [0.4, 0.5) is 10.5 Å². The Morgan fingerprint density at radius 1 is 1.17 bits per heavy atom. The highest BCUT2D eigenvalue weighted by molar-refractivity contribution is 6.42. The maximum Gasteiger partial charge on any atom is 0.344 e. The molecule has 1 aliphatic rings. The third-order valence-electron chi connectivity index (χ3n) is 4.12. The molecule has 0 unspecified atom stereocenters. The molecule has 2 N–H and O–H groups in total. The first-order chi connectivity index (χ1) is 14.2. The third-order valence-corrected chi connectivity index (χ3v) is 4.66. The molecule has 2 aromatic rings. The summed E-state index contributed by atoms with van der Waals surface area (Å²) in [6, 6.07) is 9.47. The third kappa shape index (κ3) is 4.29. The second-order valence-corrected chi connectivity index (χ2v) is 7.03. The summed E-state index contributed by atoms with van der Waals surface area (Å²) in [5.74, 6) is -2.85. The molecule has 0 aromatic heterocycles. The first-order valence-corrected chi connectivity index (χ1v) is 9.29. The van der Waals surface area contributed by atoms with Gasteiger partial charge in [0.25, 0.3) is 11.8 Å². The molecule has 1 aliphatic heterocycles. The lowest BCUT2D eigenvalue weighted by atomic mass is 10.1. The molecular weight excluding hydrogens is 435 g/mol. The molecule has 3 rings (SSSR count). The molecule has 1 atom stereocenters. The fourth-order valence-corrected chi connectivity index (χ4v) is 3.14. The summed E-state index contributed by atoms with van der Waals surface area (Å²) >= 11 is 12.0.